The number of nitrogens with one attached hydrogen (secondary N) is 1. The molecule has 0 saturated carbocycles. The molecule has 90 valence electrons. The minimum Gasteiger partial charge on any atom is -0.479 e. The van der Waals surface area contributed by atoms with Gasteiger partial charge in [0.15, 0.2) is 5.88 Å². The van der Waals surface area contributed by atoms with Gasteiger partial charge < -0.3 is 19.5 Å². The Morgan fingerprint density at radius 2 is 2.12 bits per heavy atom. The standard InChI is InChI=1S/C12H21N3O/c1-14-7-9-15(10-8-14)6-3-11-16-12-4-2-5-13-12/h2,4-5,13H,3,6-11H2,1H3. The summed E-state index contributed by atoms with van der Waals surface area (Å²) >= 11 is 0. The van der Waals surface area contributed by atoms with E-state index in [4.69, 9.17) is 4.74 Å². The van der Waals surface area contributed by atoms with Gasteiger partial charge in [-0.05, 0) is 25.6 Å². The van der Waals surface area contributed by atoms with Crippen LogP contribution in [0.1, 0.15) is 6.42 Å². The molecule has 0 bridgehead atoms. The van der Waals surface area contributed by atoms with Gasteiger partial charge in [-0.15, -0.1) is 0 Å². The highest BCUT2D eigenvalue weighted by molar-refractivity contribution is 5.09. The zero-order chi connectivity index (χ0) is 11.2. The molecule has 2 heterocycles. The Bertz CT molecular complexity index is 278. The number of hydrogen-bond donors (Lipinski definition) is 1. The number of likely N-dealkylation sites (N-methyl/N-ethyl adjacent to an activating group) is 1. The van der Waals surface area contributed by atoms with Crippen LogP contribution >= 0.6 is 0 Å². The van der Waals surface area contributed by atoms with Crippen LogP contribution < -0.4 is 4.74 Å². The van der Waals surface area contributed by atoms with Crippen molar-refractivity contribution in [3.8, 4) is 5.88 Å². The molecular formula is C12H21N3O. The van der Waals surface area contributed by atoms with Crippen molar-refractivity contribution in [1.29, 1.82) is 0 Å². The van der Waals surface area contributed by atoms with Gasteiger partial charge in [0.1, 0.15) is 0 Å². The second-order valence-electron chi connectivity index (χ2n) is 4.38. The molecular weight excluding hydrogens is 202 g/mol. The van der Waals surface area contributed by atoms with Crippen molar-refractivity contribution in [1.82, 2.24) is 14.8 Å². The van der Waals surface area contributed by atoms with Crippen LogP contribution in [-0.4, -0.2) is 61.2 Å². The molecule has 1 N–H and O–H groups in total. The Morgan fingerprint density at radius 1 is 1.31 bits per heavy atom. The van der Waals surface area contributed by atoms with Gasteiger partial charge in [-0.25, -0.2) is 0 Å². The minimum absolute atomic E-state index is 0.798. The molecule has 1 saturated heterocycles. The Labute approximate surface area is 97.2 Å². The fraction of sp³-hybridized carbons (Fsp3) is 0.667. The number of rotatable bonds is 5. The molecule has 1 aromatic rings. The molecule has 0 aromatic carbocycles. The van der Waals surface area contributed by atoms with Crippen LogP contribution in [0.25, 0.3) is 0 Å². The first-order valence-corrected chi connectivity index (χ1v) is 6.02. The lowest BCUT2D eigenvalue weighted by Crippen LogP contribution is -2.44. The number of H-pyrrole nitrogens is 1. The zero-order valence-electron chi connectivity index (χ0n) is 9.98. The van der Waals surface area contributed by atoms with E-state index in [9.17, 15) is 0 Å². The highest BCUT2D eigenvalue weighted by Gasteiger charge is 2.12. The highest BCUT2D eigenvalue weighted by Crippen LogP contribution is 2.05. The third kappa shape index (κ3) is 3.54. The van der Waals surface area contributed by atoms with Crippen LogP contribution in [0.2, 0.25) is 0 Å². The smallest absolute Gasteiger partial charge is 0.190 e. The fourth-order valence-corrected chi connectivity index (χ4v) is 1.95. The SMILES string of the molecule is CN1CCN(CCCOc2ccc[nH]2)CC1. The van der Waals surface area contributed by atoms with Crippen molar-refractivity contribution < 1.29 is 4.74 Å². The number of nitrogens with zero attached hydrogens (tertiary/aromatic N) is 2. The Balaban J connectivity index is 1.55. The summed E-state index contributed by atoms with van der Waals surface area (Å²) in [6.45, 7) is 6.72. The molecule has 0 radical (unpaired) electrons. The van der Waals surface area contributed by atoms with Crippen molar-refractivity contribution in [2.24, 2.45) is 0 Å². The van der Waals surface area contributed by atoms with Gasteiger partial charge in [-0.1, -0.05) is 0 Å². The Kier molecular flexibility index (Phi) is 4.25. The van der Waals surface area contributed by atoms with E-state index in [2.05, 4.69) is 21.8 Å². The summed E-state index contributed by atoms with van der Waals surface area (Å²) in [6, 6.07) is 3.91. The molecule has 4 heteroatoms. The van der Waals surface area contributed by atoms with E-state index in [-0.39, 0.29) is 0 Å². The predicted molar refractivity (Wildman–Crippen MR) is 64.8 cm³/mol. The maximum atomic E-state index is 5.57. The van der Waals surface area contributed by atoms with Crippen LogP contribution in [0.5, 0.6) is 5.88 Å². The summed E-state index contributed by atoms with van der Waals surface area (Å²) in [5.74, 6) is 0.873. The fourth-order valence-electron chi connectivity index (χ4n) is 1.95. The zero-order valence-corrected chi connectivity index (χ0v) is 9.98. The molecule has 1 aliphatic rings. The van der Waals surface area contributed by atoms with E-state index in [1.165, 1.54) is 26.2 Å². The number of hydrogen-bond acceptors (Lipinski definition) is 3. The first-order valence-electron chi connectivity index (χ1n) is 6.02. The van der Waals surface area contributed by atoms with Crippen LogP contribution in [0.4, 0.5) is 0 Å². The van der Waals surface area contributed by atoms with E-state index in [1.54, 1.807) is 0 Å². The van der Waals surface area contributed by atoms with Gasteiger partial charge in [0.05, 0.1) is 6.61 Å². The molecule has 0 spiro atoms. The summed E-state index contributed by atoms with van der Waals surface area (Å²) in [7, 11) is 2.19. The van der Waals surface area contributed by atoms with Gasteiger partial charge in [-0.3, -0.25) is 0 Å². The van der Waals surface area contributed by atoms with E-state index < -0.39 is 0 Å². The molecule has 1 aliphatic heterocycles. The molecule has 2 rings (SSSR count). The van der Waals surface area contributed by atoms with Crippen LogP contribution in [0, 0.1) is 0 Å². The summed E-state index contributed by atoms with van der Waals surface area (Å²) in [6.07, 6.45) is 2.98. The predicted octanol–water partition coefficient (Wildman–Crippen LogP) is 1.03. The Morgan fingerprint density at radius 3 is 2.81 bits per heavy atom. The second kappa shape index (κ2) is 5.92. The maximum absolute atomic E-state index is 5.57. The van der Waals surface area contributed by atoms with Crippen LogP contribution in [-0.2, 0) is 0 Å². The number of aromatic nitrogens is 1. The van der Waals surface area contributed by atoms with E-state index in [1.807, 2.05) is 18.3 Å². The third-order valence-corrected chi connectivity index (χ3v) is 3.04. The topological polar surface area (TPSA) is 31.5 Å². The van der Waals surface area contributed by atoms with Crippen molar-refractivity contribution in [2.45, 2.75) is 6.42 Å². The molecule has 0 atom stereocenters. The molecule has 4 nitrogen and oxygen atoms in total. The summed E-state index contributed by atoms with van der Waals surface area (Å²) in [4.78, 5) is 7.93. The molecule has 1 fully saturated rings. The first-order chi connectivity index (χ1) is 7.84. The molecule has 16 heavy (non-hydrogen) atoms. The lowest BCUT2D eigenvalue weighted by atomic mass is 10.3. The van der Waals surface area contributed by atoms with Gasteiger partial charge >= 0.3 is 0 Å². The van der Waals surface area contributed by atoms with Crippen molar-refractivity contribution in [2.75, 3.05) is 46.4 Å². The van der Waals surface area contributed by atoms with Crippen LogP contribution in [0.3, 0.4) is 0 Å². The molecule has 0 unspecified atom stereocenters. The maximum Gasteiger partial charge on any atom is 0.190 e. The van der Waals surface area contributed by atoms with Crippen molar-refractivity contribution >= 4 is 0 Å². The van der Waals surface area contributed by atoms with Gasteiger partial charge in [0, 0.05) is 38.9 Å². The van der Waals surface area contributed by atoms with Gasteiger partial charge in [-0.2, -0.15) is 0 Å². The minimum atomic E-state index is 0.798. The largest absolute Gasteiger partial charge is 0.479 e. The van der Waals surface area contributed by atoms with Crippen molar-refractivity contribution in [3.05, 3.63) is 18.3 Å². The van der Waals surface area contributed by atoms with Crippen molar-refractivity contribution in [3.63, 3.8) is 0 Å². The number of aromatic amines is 1. The van der Waals surface area contributed by atoms with Gasteiger partial charge in [0.2, 0.25) is 0 Å². The average molecular weight is 223 g/mol. The highest BCUT2D eigenvalue weighted by atomic mass is 16.5. The quantitative estimate of drug-likeness (QED) is 0.757. The monoisotopic (exact) mass is 223 g/mol. The first kappa shape index (κ1) is 11.5. The number of ether oxygens (including phenoxy) is 1. The molecule has 0 amide bonds. The van der Waals surface area contributed by atoms with E-state index in [0.717, 1.165) is 25.5 Å². The summed E-state index contributed by atoms with van der Waals surface area (Å²) in [5, 5.41) is 0. The lowest BCUT2D eigenvalue weighted by Gasteiger charge is -2.32. The average Bonchev–Trinajstić information content (AvgIpc) is 2.80. The molecule has 1 aromatic heterocycles. The van der Waals surface area contributed by atoms with Crippen LogP contribution in [0.15, 0.2) is 18.3 Å². The second-order valence-corrected chi connectivity index (χ2v) is 4.38. The van der Waals surface area contributed by atoms with E-state index in [0.29, 0.717) is 0 Å². The summed E-state index contributed by atoms with van der Waals surface area (Å²) < 4.78 is 5.57. The van der Waals surface area contributed by atoms with E-state index >= 15 is 0 Å². The lowest BCUT2D eigenvalue weighted by molar-refractivity contribution is 0.145. The molecule has 0 aliphatic carbocycles. The normalized spacial score (nSPS) is 18.8. The van der Waals surface area contributed by atoms with Gasteiger partial charge in [0.25, 0.3) is 0 Å². The number of piperazine rings is 1. The Hall–Kier alpha value is -1.00. The summed E-state index contributed by atoms with van der Waals surface area (Å²) in [5.41, 5.74) is 0. The third-order valence-electron chi connectivity index (χ3n) is 3.04.